The van der Waals surface area contributed by atoms with Gasteiger partial charge in [-0.25, -0.2) is 0 Å². The molecule has 0 unspecified atom stereocenters. The van der Waals surface area contributed by atoms with Gasteiger partial charge in [0.15, 0.2) is 0 Å². The van der Waals surface area contributed by atoms with Crippen LogP contribution in [0.1, 0.15) is 22.3 Å². The predicted molar refractivity (Wildman–Crippen MR) is 85.6 cm³/mol. The summed E-state index contributed by atoms with van der Waals surface area (Å²) in [5.74, 6) is 0. The van der Waals surface area contributed by atoms with E-state index in [-0.39, 0.29) is 0 Å². The number of aliphatic hydroxyl groups excluding tert-OH is 2. The van der Waals surface area contributed by atoms with E-state index in [9.17, 15) is 0 Å². The summed E-state index contributed by atoms with van der Waals surface area (Å²) in [6.07, 6.45) is 8.06. The smallest absolute Gasteiger partial charge is 0.0755 e. The van der Waals surface area contributed by atoms with Gasteiger partial charge in [0, 0.05) is 0 Å². The van der Waals surface area contributed by atoms with Gasteiger partial charge in [0.05, 0.1) is 12.5 Å². The molecule has 0 atom stereocenters. The normalized spacial score (nSPS) is 13.0. The first-order chi connectivity index (χ1) is 10.3. The van der Waals surface area contributed by atoms with Gasteiger partial charge < -0.3 is 10.2 Å². The molecular formula is C19H18O2. The van der Waals surface area contributed by atoms with E-state index in [0.717, 1.165) is 18.9 Å². The Morgan fingerprint density at radius 3 is 2.43 bits per heavy atom. The lowest BCUT2D eigenvalue weighted by molar-refractivity contribution is 0.470. The van der Waals surface area contributed by atoms with E-state index in [4.69, 9.17) is 10.2 Å². The number of fused-ring (bicyclic) bond motifs is 3. The van der Waals surface area contributed by atoms with Crippen LogP contribution in [0.3, 0.4) is 0 Å². The zero-order valence-corrected chi connectivity index (χ0v) is 11.8. The highest BCUT2D eigenvalue weighted by Gasteiger charge is 2.21. The van der Waals surface area contributed by atoms with E-state index in [0.29, 0.717) is 12.8 Å². The maximum atomic E-state index is 8.98. The lowest BCUT2D eigenvalue weighted by Gasteiger charge is -2.12. The molecule has 0 saturated carbocycles. The summed E-state index contributed by atoms with van der Waals surface area (Å²) >= 11 is 0. The number of aliphatic hydroxyl groups is 2. The van der Waals surface area contributed by atoms with E-state index < -0.39 is 0 Å². The second-order valence-electron chi connectivity index (χ2n) is 5.24. The van der Waals surface area contributed by atoms with Gasteiger partial charge in [-0.2, -0.15) is 0 Å². The van der Waals surface area contributed by atoms with Crippen LogP contribution in [0.2, 0.25) is 0 Å². The van der Waals surface area contributed by atoms with E-state index in [2.05, 4.69) is 36.4 Å². The summed E-state index contributed by atoms with van der Waals surface area (Å²) in [5, 5.41) is 17.9. The van der Waals surface area contributed by atoms with E-state index in [1.165, 1.54) is 33.4 Å². The highest BCUT2D eigenvalue weighted by atomic mass is 16.2. The van der Waals surface area contributed by atoms with Crippen LogP contribution >= 0.6 is 0 Å². The van der Waals surface area contributed by atoms with Crippen molar-refractivity contribution in [3.8, 4) is 11.1 Å². The van der Waals surface area contributed by atoms with Crippen molar-refractivity contribution in [2.75, 3.05) is 0 Å². The fourth-order valence-electron chi connectivity index (χ4n) is 3.12. The van der Waals surface area contributed by atoms with Crippen LogP contribution in [-0.4, -0.2) is 10.2 Å². The van der Waals surface area contributed by atoms with Gasteiger partial charge >= 0.3 is 0 Å². The third-order valence-electron chi connectivity index (χ3n) is 4.07. The molecule has 0 aliphatic heterocycles. The molecule has 0 spiro atoms. The Bertz CT molecular complexity index is 712. The quantitative estimate of drug-likeness (QED) is 0.690. The third-order valence-corrected chi connectivity index (χ3v) is 4.07. The van der Waals surface area contributed by atoms with Crippen molar-refractivity contribution in [2.45, 2.75) is 19.3 Å². The Morgan fingerprint density at radius 2 is 1.62 bits per heavy atom. The molecule has 0 amide bonds. The molecule has 1 aliphatic carbocycles. The largest absolute Gasteiger partial charge is 0.516 e. The van der Waals surface area contributed by atoms with Gasteiger partial charge in [0.25, 0.3) is 0 Å². The van der Waals surface area contributed by atoms with Crippen molar-refractivity contribution >= 4 is 0 Å². The Labute approximate surface area is 124 Å². The van der Waals surface area contributed by atoms with Crippen LogP contribution in [0.15, 0.2) is 61.1 Å². The molecule has 3 rings (SSSR count). The Balaban J connectivity index is 2.10. The number of hydrogen-bond acceptors (Lipinski definition) is 2. The Morgan fingerprint density at radius 1 is 0.857 bits per heavy atom. The molecule has 0 fully saturated rings. The van der Waals surface area contributed by atoms with Gasteiger partial charge in [0.1, 0.15) is 0 Å². The van der Waals surface area contributed by atoms with Crippen LogP contribution in [-0.2, 0) is 19.3 Å². The molecule has 2 heteroatoms. The van der Waals surface area contributed by atoms with Gasteiger partial charge in [-0.05, 0) is 64.8 Å². The summed E-state index contributed by atoms with van der Waals surface area (Å²) < 4.78 is 0. The molecular weight excluding hydrogens is 260 g/mol. The zero-order valence-electron chi connectivity index (χ0n) is 11.8. The highest BCUT2D eigenvalue weighted by molar-refractivity contribution is 5.78. The maximum absolute atomic E-state index is 8.98. The van der Waals surface area contributed by atoms with E-state index >= 15 is 0 Å². The minimum atomic E-state index is 0.703. The van der Waals surface area contributed by atoms with Crippen LogP contribution in [0.4, 0.5) is 0 Å². The molecule has 21 heavy (non-hydrogen) atoms. The fourth-order valence-corrected chi connectivity index (χ4v) is 3.12. The van der Waals surface area contributed by atoms with Crippen LogP contribution < -0.4 is 0 Å². The number of allylic oxidation sites excluding steroid dienone is 2. The molecule has 0 heterocycles. The second-order valence-corrected chi connectivity index (χ2v) is 5.24. The summed E-state index contributed by atoms with van der Waals surface area (Å²) in [6, 6.07) is 12.8. The molecule has 0 bridgehead atoms. The van der Waals surface area contributed by atoms with Crippen LogP contribution in [0, 0.1) is 0 Å². The first-order valence-electron chi connectivity index (χ1n) is 7.15. The SMILES string of the molecule is OC=CCc1ccc2c(c1CC=CO)Cc1ccccc1-2. The molecule has 2 aromatic rings. The highest BCUT2D eigenvalue weighted by Crippen LogP contribution is 2.39. The summed E-state index contributed by atoms with van der Waals surface area (Å²) in [4.78, 5) is 0. The van der Waals surface area contributed by atoms with Gasteiger partial charge in [-0.15, -0.1) is 0 Å². The molecule has 0 aromatic heterocycles. The minimum Gasteiger partial charge on any atom is -0.516 e. The number of hydrogen-bond donors (Lipinski definition) is 2. The van der Waals surface area contributed by atoms with Crippen molar-refractivity contribution < 1.29 is 10.2 Å². The average Bonchev–Trinajstić information content (AvgIpc) is 2.90. The van der Waals surface area contributed by atoms with E-state index in [1.54, 1.807) is 12.2 Å². The molecule has 0 saturated heterocycles. The Kier molecular flexibility index (Phi) is 3.78. The number of rotatable bonds is 4. The second kappa shape index (κ2) is 5.88. The van der Waals surface area contributed by atoms with Crippen molar-refractivity contribution in [2.24, 2.45) is 0 Å². The monoisotopic (exact) mass is 278 g/mol. The molecule has 2 nitrogen and oxygen atoms in total. The number of benzene rings is 2. The third kappa shape index (κ3) is 2.45. The van der Waals surface area contributed by atoms with E-state index in [1.807, 2.05) is 0 Å². The van der Waals surface area contributed by atoms with Crippen molar-refractivity contribution in [1.82, 2.24) is 0 Å². The van der Waals surface area contributed by atoms with Gasteiger partial charge in [-0.3, -0.25) is 0 Å². The van der Waals surface area contributed by atoms with Gasteiger partial charge in [-0.1, -0.05) is 36.4 Å². The van der Waals surface area contributed by atoms with Crippen LogP contribution in [0.5, 0.6) is 0 Å². The molecule has 1 aliphatic rings. The standard InChI is InChI=1S/C19H18O2/c20-11-3-6-14-9-10-18-17-7-2-1-5-15(17)13-19(18)16(14)8-4-12-21/h1-5,7,9-12,20-21H,6,8,13H2. The summed E-state index contributed by atoms with van der Waals surface area (Å²) in [7, 11) is 0. The average molecular weight is 278 g/mol. The van der Waals surface area contributed by atoms with Gasteiger partial charge in [0.2, 0.25) is 0 Å². The first kappa shape index (κ1) is 13.5. The van der Waals surface area contributed by atoms with Crippen LogP contribution in [0.25, 0.3) is 11.1 Å². The van der Waals surface area contributed by atoms with Crippen molar-refractivity contribution in [3.63, 3.8) is 0 Å². The minimum absolute atomic E-state index is 0.703. The lowest BCUT2D eigenvalue weighted by atomic mass is 9.92. The fraction of sp³-hybridized carbons (Fsp3) is 0.158. The molecule has 2 aromatic carbocycles. The summed E-state index contributed by atoms with van der Waals surface area (Å²) in [5.41, 5.74) is 7.77. The summed E-state index contributed by atoms with van der Waals surface area (Å²) in [6.45, 7) is 0. The van der Waals surface area contributed by atoms with Crippen molar-refractivity contribution in [3.05, 3.63) is 83.3 Å². The maximum Gasteiger partial charge on any atom is 0.0755 e. The molecule has 0 radical (unpaired) electrons. The molecule has 2 N–H and O–H groups in total. The molecule has 106 valence electrons. The topological polar surface area (TPSA) is 40.5 Å². The van der Waals surface area contributed by atoms with Crippen molar-refractivity contribution in [1.29, 1.82) is 0 Å². The first-order valence-corrected chi connectivity index (χ1v) is 7.15. The Hall–Kier alpha value is -2.48. The predicted octanol–water partition coefficient (Wildman–Crippen LogP) is 4.49. The lowest BCUT2D eigenvalue weighted by Crippen LogP contribution is -1.98. The zero-order chi connectivity index (χ0) is 14.7.